The van der Waals surface area contributed by atoms with Gasteiger partial charge in [-0.1, -0.05) is 62.3 Å². The highest BCUT2D eigenvalue weighted by molar-refractivity contribution is 6.70. The van der Waals surface area contributed by atoms with Crippen LogP contribution < -0.4 is 0 Å². The lowest BCUT2D eigenvalue weighted by Gasteiger charge is -2.25. The maximum Gasteiger partial charge on any atom is 0.195 e. The summed E-state index contributed by atoms with van der Waals surface area (Å²) in [5.74, 6) is 9.04. The first-order valence-corrected chi connectivity index (χ1v) is 9.60. The molecule has 0 radical (unpaired) electrons. The minimum absolute atomic E-state index is 0.647. The second-order valence-electron chi connectivity index (χ2n) is 7.56. The van der Waals surface area contributed by atoms with Crippen molar-refractivity contribution in [2.45, 2.75) is 63.9 Å². The van der Waals surface area contributed by atoms with Crippen LogP contribution in [0.2, 0.25) is 19.0 Å². The predicted octanol–water partition coefficient (Wildman–Crippen LogP) is 5.82. The van der Waals surface area contributed by atoms with Crippen LogP contribution in [0.4, 0.5) is 0 Å². The van der Waals surface area contributed by atoms with Crippen molar-refractivity contribution in [1.82, 2.24) is 0 Å². The highest BCUT2D eigenvalue weighted by Crippen LogP contribution is 2.31. The van der Waals surface area contributed by atoms with Gasteiger partial charge >= 0.3 is 0 Å². The molecule has 2 fully saturated rings. The summed E-state index contributed by atoms with van der Waals surface area (Å²) in [4.78, 5) is 0. The van der Waals surface area contributed by atoms with Crippen molar-refractivity contribution in [1.29, 1.82) is 0 Å². The van der Waals surface area contributed by atoms with E-state index in [1.165, 1.54) is 63.9 Å². The Bertz CT molecular complexity index is 433. The molecule has 0 spiro atoms. The Kier molecular flexibility index (Phi) is 6.28. The van der Waals surface area contributed by atoms with Gasteiger partial charge in [-0.05, 0) is 43.8 Å². The van der Waals surface area contributed by atoms with Gasteiger partial charge in [-0.3, -0.25) is 0 Å². The lowest BCUT2D eigenvalue weighted by atomic mass is 9.41. The standard InChI is InChI=1S/C20H30B2/c1-3-13-21(14-4-1)17-11-19-7-9-20(10-8-19)12-18-22-15-5-2-6-16-22/h1,3-4,11-13,17-20H,2,5-10,14-16H2. The van der Waals surface area contributed by atoms with Crippen LogP contribution in [0, 0.1) is 11.8 Å². The van der Waals surface area contributed by atoms with Crippen LogP contribution in [-0.4, -0.2) is 13.4 Å². The molecule has 0 aromatic rings. The Labute approximate surface area is 138 Å². The highest BCUT2D eigenvalue weighted by atomic mass is 14.2. The first kappa shape index (κ1) is 16.0. The smallest absolute Gasteiger partial charge is 0.119 e. The summed E-state index contributed by atoms with van der Waals surface area (Å²) < 4.78 is 0. The van der Waals surface area contributed by atoms with Crippen LogP contribution in [0.5, 0.6) is 0 Å². The van der Waals surface area contributed by atoms with Crippen LogP contribution in [0.3, 0.4) is 0 Å². The molecule has 1 aliphatic carbocycles. The molecular weight excluding hydrogens is 262 g/mol. The van der Waals surface area contributed by atoms with Crippen molar-refractivity contribution >= 4 is 13.4 Å². The molecule has 1 saturated heterocycles. The second-order valence-corrected chi connectivity index (χ2v) is 7.56. The molecule has 0 N–H and O–H groups in total. The largest absolute Gasteiger partial charge is 0.195 e. The maximum atomic E-state index is 2.57. The predicted molar refractivity (Wildman–Crippen MR) is 102 cm³/mol. The third kappa shape index (κ3) is 5.07. The van der Waals surface area contributed by atoms with Gasteiger partial charge in [0.15, 0.2) is 13.4 Å². The first-order chi connectivity index (χ1) is 10.9. The van der Waals surface area contributed by atoms with E-state index in [1.54, 1.807) is 0 Å². The number of hydrogen-bond donors (Lipinski definition) is 0. The van der Waals surface area contributed by atoms with Crippen molar-refractivity contribution in [3.8, 4) is 0 Å². The average molecular weight is 292 g/mol. The molecule has 0 amide bonds. The molecule has 0 aromatic carbocycles. The zero-order valence-electron chi connectivity index (χ0n) is 14.0. The fourth-order valence-corrected chi connectivity index (χ4v) is 4.21. The average Bonchev–Trinajstić information content (AvgIpc) is 2.61. The Morgan fingerprint density at radius 3 is 2.09 bits per heavy atom. The monoisotopic (exact) mass is 292 g/mol. The molecule has 0 bridgehead atoms. The van der Waals surface area contributed by atoms with E-state index < -0.39 is 0 Å². The molecule has 22 heavy (non-hydrogen) atoms. The maximum absolute atomic E-state index is 2.57. The van der Waals surface area contributed by atoms with Gasteiger partial charge in [0.05, 0.1) is 0 Å². The molecule has 0 unspecified atom stereocenters. The van der Waals surface area contributed by atoms with Gasteiger partial charge in [-0.15, -0.1) is 17.9 Å². The molecule has 2 heteroatoms. The molecular formula is C20H30B2. The summed E-state index contributed by atoms with van der Waals surface area (Å²) >= 11 is 0. The summed E-state index contributed by atoms with van der Waals surface area (Å²) in [6.45, 7) is 1.55. The van der Waals surface area contributed by atoms with Gasteiger partial charge < -0.3 is 0 Å². The molecule has 1 saturated carbocycles. The number of allylic oxidation sites excluding steroid dienone is 5. The molecule has 3 rings (SSSR count). The van der Waals surface area contributed by atoms with E-state index in [9.17, 15) is 0 Å². The van der Waals surface area contributed by atoms with Crippen molar-refractivity contribution < 1.29 is 0 Å². The molecule has 2 heterocycles. The molecule has 0 atom stereocenters. The molecule has 116 valence electrons. The van der Waals surface area contributed by atoms with Gasteiger partial charge in [0.25, 0.3) is 0 Å². The van der Waals surface area contributed by atoms with Crippen molar-refractivity contribution in [2.75, 3.05) is 0 Å². The minimum Gasteiger partial charge on any atom is -0.119 e. The number of hydrogen-bond acceptors (Lipinski definition) is 0. The summed E-state index contributed by atoms with van der Waals surface area (Å²) in [5.41, 5.74) is 0. The van der Waals surface area contributed by atoms with Crippen molar-refractivity contribution in [3.63, 3.8) is 0 Å². The lowest BCUT2D eigenvalue weighted by Crippen LogP contribution is -2.16. The normalized spacial score (nSPS) is 29.8. The highest BCUT2D eigenvalue weighted by Gasteiger charge is 2.19. The zero-order valence-corrected chi connectivity index (χ0v) is 14.0. The number of rotatable bonds is 4. The molecule has 2 aliphatic heterocycles. The summed E-state index contributed by atoms with van der Waals surface area (Å²) in [6, 6.07) is 0. The van der Waals surface area contributed by atoms with Crippen LogP contribution in [0.15, 0.2) is 48.3 Å². The van der Waals surface area contributed by atoms with Gasteiger partial charge in [0, 0.05) is 0 Å². The van der Waals surface area contributed by atoms with Crippen LogP contribution >= 0.6 is 0 Å². The van der Waals surface area contributed by atoms with Gasteiger partial charge in [-0.25, -0.2) is 0 Å². The van der Waals surface area contributed by atoms with Crippen LogP contribution in [0.25, 0.3) is 0 Å². The van der Waals surface area contributed by atoms with E-state index in [-0.39, 0.29) is 0 Å². The third-order valence-electron chi connectivity index (χ3n) is 5.77. The summed E-state index contributed by atoms with van der Waals surface area (Å²) in [7, 11) is 0. The van der Waals surface area contributed by atoms with E-state index in [0.29, 0.717) is 6.71 Å². The zero-order chi connectivity index (χ0) is 15.0. The molecule has 3 aliphatic rings. The van der Waals surface area contributed by atoms with Crippen LogP contribution in [-0.2, 0) is 0 Å². The lowest BCUT2D eigenvalue weighted by molar-refractivity contribution is 0.357. The van der Waals surface area contributed by atoms with Gasteiger partial charge in [0.1, 0.15) is 0 Å². The van der Waals surface area contributed by atoms with E-state index in [4.69, 9.17) is 0 Å². The minimum atomic E-state index is 0.647. The summed E-state index contributed by atoms with van der Waals surface area (Å²) in [5, 5.41) is 0. The molecule has 0 aromatic heterocycles. The fourth-order valence-electron chi connectivity index (χ4n) is 4.21. The van der Waals surface area contributed by atoms with E-state index in [2.05, 4.69) is 48.3 Å². The SMILES string of the molecule is C1=CCB(C=CC2CCC(C=CB3CCCCC3)CC2)C=C1. The quantitative estimate of drug-likeness (QED) is 0.572. The fraction of sp³-hybridized carbons (Fsp3) is 0.600. The molecule has 0 nitrogen and oxygen atoms in total. The Balaban J connectivity index is 1.38. The first-order valence-electron chi connectivity index (χ1n) is 9.60. The van der Waals surface area contributed by atoms with Gasteiger partial charge in [-0.2, -0.15) is 0 Å². The summed E-state index contributed by atoms with van der Waals surface area (Å²) in [6.07, 6.45) is 25.7. The second kappa shape index (κ2) is 8.65. The Morgan fingerprint density at radius 2 is 1.45 bits per heavy atom. The van der Waals surface area contributed by atoms with E-state index >= 15 is 0 Å². The topological polar surface area (TPSA) is 0 Å². The Hall–Kier alpha value is -0.910. The van der Waals surface area contributed by atoms with E-state index in [0.717, 1.165) is 18.5 Å². The third-order valence-corrected chi connectivity index (χ3v) is 5.77. The van der Waals surface area contributed by atoms with E-state index in [1.807, 2.05) is 0 Å². The Morgan fingerprint density at radius 1 is 0.773 bits per heavy atom. The van der Waals surface area contributed by atoms with Gasteiger partial charge in [0.2, 0.25) is 0 Å². The van der Waals surface area contributed by atoms with Crippen LogP contribution in [0.1, 0.15) is 44.9 Å². The van der Waals surface area contributed by atoms with Crippen molar-refractivity contribution in [2.24, 2.45) is 11.8 Å². The van der Waals surface area contributed by atoms with Crippen molar-refractivity contribution in [3.05, 3.63) is 48.3 Å².